The maximum atomic E-state index is 14.1. The fourth-order valence-corrected chi connectivity index (χ4v) is 2.64. The first-order chi connectivity index (χ1) is 14.1. The van der Waals surface area contributed by atoms with Gasteiger partial charge in [0.25, 0.3) is 0 Å². The Hall–Kier alpha value is -4.08. The van der Waals surface area contributed by atoms with E-state index in [9.17, 15) is 9.18 Å². The fourth-order valence-electron chi connectivity index (χ4n) is 2.64. The first kappa shape index (κ1) is 18.3. The summed E-state index contributed by atoms with van der Waals surface area (Å²) in [6.45, 7) is 0.187. The summed E-state index contributed by atoms with van der Waals surface area (Å²) < 4.78 is 25.6. The first-order valence-corrected chi connectivity index (χ1v) is 8.58. The van der Waals surface area contributed by atoms with E-state index in [1.165, 1.54) is 31.8 Å². The summed E-state index contributed by atoms with van der Waals surface area (Å²) in [5, 5.41) is 10.8. The summed E-state index contributed by atoms with van der Waals surface area (Å²) >= 11 is 0. The number of carbonyl (C=O) groups is 1. The molecule has 0 fully saturated rings. The SMILES string of the molecule is CNC(=O)Oc1cnc(-c2cc(-c3ccon3)n(Cc3ccccc3F)n2)nc1. The minimum Gasteiger partial charge on any atom is -0.407 e. The van der Waals surface area contributed by atoms with Gasteiger partial charge in [0.15, 0.2) is 11.6 Å². The van der Waals surface area contributed by atoms with E-state index in [1.54, 1.807) is 35.0 Å². The number of rotatable bonds is 5. The van der Waals surface area contributed by atoms with Gasteiger partial charge >= 0.3 is 6.09 Å². The number of aromatic nitrogens is 5. The van der Waals surface area contributed by atoms with Crippen LogP contribution >= 0.6 is 0 Å². The van der Waals surface area contributed by atoms with E-state index in [4.69, 9.17) is 9.26 Å². The van der Waals surface area contributed by atoms with Gasteiger partial charge < -0.3 is 14.6 Å². The number of hydrogen-bond donors (Lipinski definition) is 1. The van der Waals surface area contributed by atoms with Crippen molar-refractivity contribution in [2.75, 3.05) is 7.05 Å². The predicted molar refractivity (Wildman–Crippen MR) is 99.3 cm³/mol. The molecular formula is C19H15FN6O3. The summed E-state index contributed by atoms with van der Waals surface area (Å²) in [4.78, 5) is 19.6. The largest absolute Gasteiger partial charge is 0.412 e. The van der Waals surface area contributed by atoms with Crippen LogP contribution in [0.1, 0.15) is 5.56 Å². The Morgan fingerprint density at radius 3 is 2.69 bits per heavy atom. The van der Waals surface area contributed by atoms with Crippen LogP contribution in [0.2, 0.25) is 0 Å². The van der Waals surface area contributed by atoms with Crippen LogP contribution in [0.4, 0.5) is 9.18 Å². The summed E-state index contributed by atoms with van der Waals surface area (Å²) in [6.07, 6.45) is 3.55. The topological polar surface area (TPSA) is 108 Å². The third-order valence-corrected chi connectivity index (χ3v) is 4.03. The Morgan fingerprint density at radius 2 is 2.00 bits per heavy atom. The molecule has 0 saturated heterocycles. The van der Waals surface area contributed by atoms with Crippen LogP contribution in [0.5, 0.6) is 5.75 Å². The van der Waals surface area contributed by atoms with Crippen molar-refractivity contribution in [2.45, 2.75) is 6.54 Å². The van der Waals surface area contributed by atoms with E-state index in [2.05, 4.69) is 25.5 Å². The second-order valence-corrected chi connectivity index (χ2v) is 5.93. The molecule has 0 aliphatic heterocycles. The molecule has 1 aromatic carbocycles. The van der Waals surface area contributed by atoms with Gasteiger partial charge in [-0.15, -0.1) is 0 Å². The molecule has 3 heterocycles. The van der Waals surface area contributed by atoms with Gasteiger partial charge in [-0.05, 0) is 12.1 Å². The Balaban J connectivity index is 1.68. The quantitative estimate of drug-likeness (QED) is 0.554. The van der Waals surface area contributed by atoms with Crippen molar-refractivity contribution in [3.8, 4) is 28.7 Å². The van der Waals surface area contributed by atoms with Gasteiger partial charge in [0.1, 0.15) is 23.5 Å². The molecule has 0 bridgehead atoms. The lowest BCUT2D eigenvalue weighted by Crippen LogP contribution is -2.22. The molecule has 0 aliphatic carbocycles. The number of halogens is 1. The van der Waals surface area contributed by atoms with Gasteiger partial charge in [0.05, 0.1) is 24.6 Å². The molecule has 1 N–H and O–H groups in total. The van der Waals surface area contributed by atoms with E-state index in [0.717, 1.165) is 0 Å². The third-order valence-electron chi connectivity index (χ3n) is 4.03. The lowest BCUT2D eigenvalue weighted by Gasteiger charge is -2.06. The number of hydrogen-bond acceptors (Lipinski definition) is 7. The number of nitrogens with one attached hydrogen (secondary N) is 1. The standard InChI is InChI=1S/C19H15FN6O3/c1-21-19(27)29-13-9-22-18(23-10-13)16-8-17(15-6-7-28-25-15)26(24-16)11-12-4-2-3-5-14(12)20/h2-10H,11H2,1H3,(H,21,27). The van der Waals surface area contributed by atoms with Gasteiger partial charge in [-0.25, -0.2) is 19.2 Å². The Morgan fingerprint density at radius 1 is 1.21 bits per heavy atom. The maximum Gasteiger partial charge on any atom is 0.412 e. The zero-order valence-corrected chi connectivity index (χ0v) is 15.2. The van der Waals surface area contributed by atoms with Crippen LogP contribution in [-0.2, 0) is 6.54 Å². The molecule has 0 atom stereocenters. The minimum atomic E-state index is -0.621. The molecule has 0 radical (unpaired) electrons. The van der Waals surface area contributed by atoms with Crippen molar-refractivity contribution in [3.63, 3.8) is 0 Å². The average molecular weight is 394 g/mol. The lowest BCUT2D eigenvalue weighted by molar-refractivity contribution is 0.202. The van der Waals surface area contributed by atoms with Crippen molar-refractivity contribution in [2.24, 2.45) is 0 Å². The normalized spacial score (nSPS) is 10.7. The van der Waals surface area contributed by atoms with Crippen molar-refractivity contribution in [1.82, 2.24) is 30.2 Å². The van der Waals surface area contributed by atoms with Crippen molar-refractivity contribution in [1.29, 1.82) is 0 Å². The van der Waals surface area contributed by atoms with Gasteiger partial charge in [-0.2, -0.15) is 5.10 Å². The van der Waals surface area contributed by atoms with Crippen LogP contribution in [0.25, 0.3) is 22.9 Å². The molecule has 4 rings (SSSR count). The van der Waals surface area contributed by atoms with E-state index in [-0.39, 0.29) is 18.1 Å². The highest BCUT2D eigenvalue weighted by Gasteiger charge is 2.17. The molecule has 0 unspecified atom stereocenters. The molecule has 9 nitrogen and oxygen atoms in total. The monoisotopic (exact) mass is 394 g/mol. The fraction of sp³-hybridized carbons (Fsp3) is 0.105. The van der Waals surface area contributed by atoms with E-state index < -0.39 is 6.09 Å². The molecule has 4 aromatic rings. The Labute approximate surface area is 164 Å². The van der Waals surface area contributed by atoms with E-state index in [0.29, 0.717) is 28.5 Å². The summed E-state index contributed by atoms with van der Waals surface area (Å²) in [6, 6.07) is 9.87. The van der Waals surface area contributed by atoms with Gasteiger partial charge in [-0.1, -0.05) is 23.4 Å². The number of benzene rings is 1. The van der Waals surface area contributed by atoms with E-state index >= 15 is 0 Å². The van der Waals surface area contributed by atoms with Crippen LogP contribution < -0.4 is 10.1 Å². The Bertz CT molecular complexity index is 1130. The number of amides is 1. The van der Waals surface area contributed by atoms with Gasteiger partial charge in [0.2, 0.25) is 0 Å². The minimum absolute atomic E-state index is 0.187. The zero-order valence-electron chi connectivity index (χ0n) is 15.2. The third kappa shape index (κ3) is 3.95. The second-order valence-electron chi connectivity index (χ2n) is 5.93. The van der Waals surface area contributed by atoms with Crippen molar-refractivity contribution in [3.05, 3.63) is 66.4 Å². The highest BCUT2D eigenvalue weighted by atomic mass is 19.1. The number of nitrogens with zero attached hydrogens (tertiary/aromatic N) is 5. The van der Waals surface area contributed by atoms with Crippen molar-refractivity contribution >= 4 is 6.09 Å². The summed E-state index contributed by atoms with van der Waals surface area (Å²) in [5.41, 5.74) is 2.08. The van der Waals surface area contributed by atoms with Crippen LogP contribution in [0, 0.1) is 5.82 Å². The number of ether oxygens (including phenoxy) is 1. The molecule has 10 heteroatoms. The maximum absolute atomic E-state index is 14.1. The van der Waals surface area contributed by atoms with Gasteiger partial charge in [-0.3, -0.25) is 4.68 Å². The second kappa shape index (κ2) is 7.89. The smallest absolute Gasteiger partial charge is 0.407 e. The van der Waals surface area contributed by atoms with Crippen LogP contribution in [0.3, 0.4) is 0 Å². The Kier molecular flexibility index (Phi) is 4.97. The molecule has 0 spiro atoms. The molecule has 29 heavy (non-hydrogen) atoms. The first-order valence-electron chi connectivity index (χ1n) is 8.58. The number of carbonyl (C=O) groups excluding carboxylic acids is 1. The van der Waals surface area contributed by atoms with Crippen molar-refractivity contribution < 1.29 is 18.4 Å². The average Bonchev–Trinajstić information content (AvgIpc) is 3.40. The molecule has 3 aromatic heterocycles. The zero-order chi connectivity index (χ0) is 20.2. The molecule has 0 saturated carbocycles. The molecule has 146 valence electrons. The van der Waals surface area contributed by atoms with Gasteiger partial charge in [0, 0.05) is 18.7 Å². The lowest BCUT2D eigenvalue weighted by atomic mass is 10.2. The summed E-state index contributed by atoms with van der Waals surface area (Å²) in [7, 11) is 1.45. The predicted octanol–water partition coefficient (Wildman–Crippen LogP) is 2.90. The summed E-state index contributed by atoms with van der Waals surface area (Å²) in [5.74, 6) is 0.171. The molecular weight excluding hydrogens is 379 g/mol. The molecule has 1 amide bonds. The van der Waals surface area contributed by atoms with Crippen LogP contribution in [0.15, 0.2) is 59.6 Å². The molecule has 0 aliphatic rings. The van der Waals surface area contributed by atoms with Crippen LogP contribution in [-0.4, -0.2) is 38.0 Å². The van der Waals surface area contributed by atoms with E-state index in [1.807, 2.05) is 0 Å². The highest BCUT2D eigenvalue weighted by Crippen LogP contribution is 2.25. The highest BCUT2D eigenvalue weighted by molar-refractivity contribution is 5.69.